The first kappa shape index (κ1) is 27.9. The molecule has 0 fully saturated rings. The van der Waals surface area contributed by atoms with E-state index in [4.69, 9.17) is 9.47 Å². The van der Waals surface area contributed by atoms with Gasteiger partial charge in [0.1, 0.15) is 25.5 Å². The summed E-state index contributed by atoms with van der Waals surface area (Å²) in [4.78, 5) is 12.8. The lowest BCUT2D eigenvalue weighted by atomic mass is 10.0. The number of benzene rings is 2. The summed E-state index contributed by atoms with van der Waals surface area (Å²) in [7, 11) is 4.18. The minimum absolute atomic E-state index is 0.155. The highest BCUT2D eigenvalue weighted by molar-refractivity contribution is 5.74. The Kier molecular flexibility index (Phi) is 12.8. The van der Waals surface area contributed by atoms with Gasteiger partial charge in [-0.3, -0.25) is 0 Å². The normalized spacial score (nSPS) is 12.4. The Hall–Kier alpha value is -2.33. The average Bonchev–Trinajstić information content (AvgIpc) is 2.82. The smallest absolute Gasteiger partial charge is 0.365 e. The Morgan fingerprint density at radius 3 is 2.09 bits per heavy atom. The predicted molar refractivity (Wildman–Crippen MR) is 141 cm³/mol. The molecule has 4 nitrogen and oxygen atoms in total. The third-order valence-electron chi connectivity index (χ3n) is 6.52. The Morgan fingerprint density at radius 1 is 0.794 bits per heavy atom. The van der Waals surface area contributed by atoms with Crippen LogP contribution < -0.4 is 4.74 Å². The van der Waals surface area contributed by atoms with Crippen molar-refractivity contribution in [3.05, 3.63) is 65.7 Å². The van der Waals surface area contributed by atoms with Crippen molar-refractivity contribution >= 4 is 5.97 Å². The van der Waals surface area contributed by atoms with Crippen LogP contribution in [0.3, 0.4) is 0 Å². The molecule has 0 radical (unpaired) electrons. The molecule has 4 heteroatoms. The maximum atomic E-state index is 12.8. The molecule has 34 heavy (non-hydrogen) atoms. The fraction of sp³-hybridized carbons (Fsp3) is 0.567. The fourth-order valence-corrected chi connectivity index (χ4v) is 4.55. The molecule has 1 atom stereocenters. The zero-order valence-corrected chi connectivity index (χ0v) is 21.9. The molecule has 0 spiro atoms. The molecule has 0 amide bonds. The van der Waals surface area contributed by atoms with Gasteiger partial charge in [-0.15, -0.1) is 0 Å². The third kappa shape index (κ3) is 10.3. The van der Waals surface area contributed by atoms with Crippen molar-refractivity contribution in [1.29, 1.82) is 0 Å². The summed E-state index contributed by atoms with van der Waals surface area (Å²) in [5, 5.41) is 0. The number of nitrogens with zero attached hydrogens (tertiary/aromatic N) is 1. The molecule has 0 N–H and O–H groups in total. The monoisotopic (exact) mass is 468 g/mol. The van der Waals surface area contributed by atoms with Crippen LogP contribution in [0.15, 0.2) is 54.6 Å². The molecule has 0 heterocycles. The second kappa shape index (κ2) is 15.5. The van der Waals surface area contributed by atoms with Crippen LogP contribution in [0, 0.1) is 0 Å². The number of hydrogen-bond acceptors (Lipinski definition) is 3. The van der Waals surface area contributed by atoms with Crippen molar-refractivity contribution in [2.45, 2.75) is 84.2 Å². The van der Waals surface area contributed by atoms with Crippen molar-refractivity contribution in [3.63, 3.8) is 0 Å². The van der Waals surface area contributed by atoms with Gasteiger partial charge in [0.2, 0.25) is 0 Å². The Morgan fingerprint density at radius 2 is 1.44 bits per heavy atom. The summed E-state index contributed by atoms with van der Waals surface area (Å²) in [6.45, 7) is 5.72. The van der Waals surface area contributed by atoms with Gasteiger partial charge in [0.05, 0.1) is 14.1 Å². The van der Waals surface area contributed by atoms with Crippen molar-refractivity contribution in [2.24, 2.45) is 0 Å². The van der Waals surface area contributed by atoms with E-state index in [1.54, 1.807) is 0 Å². The molecule has 0 bridgehead atoms. The SMILES string of the molecule is CCCCCCCCCc1ccc(OCCOC(=O)C(CC)[N+](C)(C)Cc2ccccc2)cc1. The van der Waals surface area contributed by atoms with Crippen LogP contribution in [-0.2, 0) is 22.5 Å². The lowest BCUT2D eigenvalue weighted by Gasteiger charge is -2.36. The van der Waals surface area contributed by atoms with E-state index in [2.05, 4.69) is 45.3 Å². The van der Waals surface area contributed by atoms with E-state index in [0.29, 0.717) is 11.1 Å². The molecule has 2 rings (SSSR count). The van der Waals surface area contributed by atoms with Gasteiger partial charge in [-0.1, -0.05) is 94.8 Å². The van der Waals surface area contributed by atoms with Crippen LogP contribution in [0.2, 0.25) is 0 Å². The molecule has 0 saturated heterocycles. The molecule has 2 aromatic carbocycles. The second-order valence-corrected chi connectivity index (χ2v) is 9.88. The van der Waals surface area contributed by atoms with Crippen LogP contribution in [0.4, 0.5) is 0 Å². The third-order valence-corrected chi connectivity index (χ3v) is 6.52. The molecular formula is C30H46NO3+. The first-order chi connectivity index (χ1) is 16.5. The van der Waals surface area contributed by atoms with Gasteiger partial charge >= 0.3 is 5.97 Å². The van der Waals surface area contributed by atoms with Gasteiger partial charge in [0.25, 0.3) is 0 Å². The topological polar surface area (TPSA) is 35.5 Å². The zero-order valence-electron chi connectivity index (χ0n) is 21.9. The van der Waals surface area contributed by atoms with Crippen LogP contribution in [0.1, 0.15) is 76.3 Å². The molecule has 0 saturated carbocycles. The number of hydrogen-bond donors (Lipinski definition) is 0. The summed E-state index contributed by atoms with van der Waals surface area (Å²) in [5.41, 5.74) is 2.58. The molecule has 0 aliphatic rings. The molecule has 0 aliphatic carbocycles. The van der Waals surface area contributed by atoms with Gasteiger partial charge in [0.15, 0.2) is 6.04 Å². The first-order valence-corrected chi connectivity index (χ1v) is 13.2. The second-order valence-electron chi connectivity index (χ2n) is 9.88. The van der Waals surface area contributed by atoms with Gasteiger partial charge in [-0.2, -0.15) is 0 Å². The number of rotatable bonds is 17. The lowest BCUT2D eigenvalue weighted by Crippen LogP contribution is -2.52. The van der Waals surface area contributed by atoms with Gasteiger partial charge in [-0.05, 0) is 30.5 Å². The van der Waals surface area contributed by atoms with E-state index in [0.717, 1.165) is 25.1 Å². The maximum Gasteiger partial charge on any atom is 0.365 e. The number of ether oxygens (including phenoxy) is 2. The highest BCUT2D eigenvalue weighted by Crippen LogP contribution is 2.18. The van der Waals surface area contributed by atoms with Crippen molar-refractivity contribution in [3.8, 4) is 5.75 Å². The molecule has 1 unspecified atom stereocenters. The zero-order chi connectivity index (χ0) is 24.7. The van der Waals surface area contributed by atoms with Crippen molar-refractivity contribution in [1.82, 2.24) is 0 Å². The quantitative estimate of drug-likeness (QED) is 0.143. The highest BCUT2D eigenvalue weighted by atomic mass is 16.6. The predicted octanol–water partition coefficient (Wildman–Crippen LogP) is 6.96. The summed E-state index contributed by atoms with van der Waals surface area (Å²) in [6, 6.07) is 18.4. The van der Waals surface area contributed by atoms with Crippen molar-refractivity contribution in [2.75, 3.05) is 27.3 Å². The van der Waals surface area contributed by atoms with Crippen LogP contribution in [0.5, 0.6) is 5.75 Å². The summed E-state index contributed by atoms with van der Waals surface area (Å²) < 4.78 is 12.0. The number of aryl methyl sites for hydroxylation is 1. The largest absolute Gasteiger partial charge is 0.490 e. The van der Waals surface area contributed by atoms with Gasteiger partial charge in [0, 0.05) is 12.0 Å². The summed E-state index contributed by atoms with van der Waals surface area (Å²) >= 11 is 0. The van der Waals surface area contributed by atoms with E-state index < -0.39 is 0 Å². The summed E-state index contributed by atoms with van der Waals surface area (Å²) in [6.07, 6.45) is 11.2. The molecule has 188 valence electrons. The van der Waals surface area contributed by atoms with Crippen LogP contribution in [-0.4, -0.2) is 43.8 Å². The molecule has 0 aromatic heterocycles. The minimum Gasteiger partial charge on any atom is -0.490 e. The Bertz CT molecular complexity index is 802. The first-order valence-electron chi connectivity index (χ1n) is 13.2. The fourth-order valence-electron chi connectivity index (χ4n) is 4.55. The number of carbonyl (C=O) groups excluding carboxylic acids is 1. The number of quaternary nitrogens is 1. The van der Waals surface area contributed by atoms with E-state index in [-0.39, 0.29) is 18.6 Å². The summed E-state index contributed by atoms with van der Waals surface area (Å²) in [5.74, 6) is 0.670. The highest BCUT2D eigenvalue weighted by Gasteiger charge is 2.34. The van der Waals surface area contributed by atoms with Crippen LogP contribution in [0.25, 0.3) is 0 Å². The molecule has 2 aromatic rings. The molecule has 0 aliphatic heterocycles. The Balaban J connectivity index is 1.67. The lowest BCUT2D eigenvalue weighted by molar-refractivity contribution is -0.919. The number of esters is 1. The van der Waals surface area contributed by atoms with E-state index >= 15 is 0 Å². The van der Waals surface area contributed by atoms with Crippen molar-refractivity contribution < 1.29 is 18.8 Å². The van der Waals surface area contributed by atoms with Gasteiger partial charge < -0.3 is 14.0 Å². The number of likely N-dealkylation sites (N-methyl/N-ethyl adjacent to an activating group) is 1. The maximum absolute atomic E-state index is 12.8. The number of unbranched alkanes of at least 4 members (excludes halogenated alkanes) is 6. The number of carbonyl (C=O) groups is 1. The van der Waals surface area contributed by atoms with E-state index in [9.17, 15) is 4.79 Å². The molecular weight excluding hydrogens is 422 g/mol. The average molecular weight is 469 g/mol. The van der Waals surface area contributed by atoms with E-state index in [1.807, 2.05) is 37.3 Å². The van der Waals surface area contributed by atoms with E-state index in [1.165, 1.54) is 56.1 Å². The van der Waals surface area contributed by atoms with Crippen LogP contribution >= 0.6 is 0 Å². The Labute approximate surface area is 207 Å². The minimum atomic E-state index is -0.203. The van der Waals surface area contributed by atoms with Gasteiger partial charge in [-0.25, -0.2) is 4.79 Å². The standard InChI is InChI=1S/C30H46NO3/c1-5-7-8-9-10-11-13-16-26-19-21-28(22-20-26)33-23-24-34-30(32)29(6-2)31(3,4)25-27-17-14-12-15-18-27/h12,14-15,17-22,29H,5-11,13,16,23-25H2,1-4H3/q+1.